The standard InChI is InChI=1S/C5H13FN2O2S/c1-2-4-8(5-3-7)11(6,9)10/h2-5,7H2,1H3. The van der Waals surface area contributed by atoms with E-state index in [1.165, 1.54) is 0 Å². The van der Waals surface area contributed by atoms with Crippen LogP contribution in [-0.4, -0.2) is 32.4 Å². The number of halogens is 1. The van der Waals surface area contributed by atoms with Gasteiger partial charge in [-0.1, -0.05) is 10.8 Å². The van der Waals surface area contributed by atoms with Gasteiger partial charge in [0.2, 0.25) is 0 Å². The van der Waals surface area contributed by atoms with Crippen LogP contribution in [0.5, 0.6) is 0 Å². The predicted octanol–water partition coefficient (Wildman–Crippen LogP) is -0.129. The van der Waals surface area contributed by atoms with Crippen LogP contribution in [0.3, 0.4) is 0 Å². The quantitative estimate of drug-likeness (QED) is 0.605. The maximum absolute atomic E-state index is 12.3. The van der Waals surface area contributed by atoms with E-state index in [2.05, 4.69) is 0 Å². The molecule has 0 aliphatic heterocycles. The summed E-state index contributed by atoms with van der Waals surface area (Å²) in [6.07, 6.45) is 0.586. The minimum absolute atomic E-state index is 0.0483. The molecule has 68 valence electrons. The molecule has 0 aliphatic rings. The van der Waals surface area contributed by atoms with Crippen molar-refractivity contribution in [2.75, 3.05) is 19.6 Å². The maximum atomic E-state index is 12.3. The van der Waals surface area contributed by atoms with Crippen molar-refractivity contribution in [3.05, 3.63) is 0 Å². The zero-order valence-corrected chi connectivity index (χ0v) is 7.27. The van der Waals surface area contributed by atoms with E-state index < -0.39 is 10.4 Å². The predicted molar refractivity (Wildman–Crippen MR) is 40.9 cm³/mol. The highest BCUT2D eigenvalue weighted by Gasteiger charge is 2.17. The van der Waals surface area contributed by atoms with Crippen LogP contribution in [0.15, 0.2) is 0 Å². The second-order valence-electron chi connectivity index (χ2n) is 2.13. The fourth-order valence-electron chi connectivity index (χ4n) is 0.723. The van der Waals surface area contributed by atoms with Crippen molar-refractivity contribution in [3.8, 4) is 0 Å². The summed E-state index contributed by atoms with van der Waals surface area (Å²) >= 11 is 0. The largest absolute Gasteiger partial charge is 0.374 e. The Hall–Kier alpha value is -0.200. The van der Waals surface area contributed by atoms with Crippen molar-refractivity contribution < 1.29 is 12.3 Å². The Balaban J connectivity index is 4.11. The van der Waals surface area contributed by atoms with E-state index in [0.717, 1.165) is 4.31 Å². The first-order chi connectivity index (χ1) is 5.02. The molecular formula is C5H13FN2O2S. The second-order valence-corrected chi connectivity index (χ2v) is 3.47. The van der Waals surface area contributed by atoms with Gasteiger partial charge in [-0.3, -0.25) is 0 Å². The third-order valence-corrected chi connectivity index (χ3v) is 2.14. The van der Waals surface area contributed by atoms with Crippen LogP contribution in [0, 0.1) is 0 Å². The first kappa shape index (κ1) is 10.8. The van der Waals surface area contributed by atoms with Gasteiger partial charge in [-0.2, -0.15) is 12.7 Å². The van der Waals surface area contributed by atoms with Crippen LogP contribution in [0.1, 0.15) is 13.3 Å². The van der Waals surface area contributed by atoms with Gasteiger partial charge >= 0.3 is 10.4 Å². The lowest BCUT2D eigenvalue weighted by atomic mass is 10.5. The van der Waals surface area contributed by atoms with Crippen molar-refractivity contribution in [3.63, 3.8) is 0 Å². The Bertz CT molecular complexity index is 187. The SMILES string of the molecule is CCCN(CCN)S(=O)(=O)F. The van der Waals surface area contributed by atoms with E-state index in [9.17, 15) is 12.3 Å². The van der Waals surface area contributed by atoms with Gasteiger partial charge in [0.05, 0.1) is 0 Å². The van der Waals surface area contributed by atoms with Crippen LogP contribution in [-0.2, 0) is 10.4 Å². The second kappa shape index (κ2) is 4.63. The van der Waals surface area contributed by atoms with E-state index >= 15 is 0 Å². The molecule has 0 unspecified atom stereocenters. The molecule has 0 aliphatic carbocycles. The Kier molecular flexibility index (Phi) is 4.55. The zero-order valence-electron chi connectivity index (χ0n) is 6.46. The fraction of sp³-hybridized carbons (Fsp3) is 1.00. The number of hydrogen-bond acceptors (Lipinski definition) is 3. The van der Waals surface area contributed by atoms with Gasteiger partial charge < -0.3 is 5.73 Å². The van der Waals surface area contributed by atoms with Gasteiger partial charge in [-0.25, -0.2) is 0 Å². The van der Waals surface area contributed by atoms with Gasteiger partial charge in [0.15, 0.2) is 0 Å². The summed E-state index contributed by atoms with van der Waals surface area (Å²) in [6, 6.07) is 0. The zero-order chi connectivity index (χ0) is 8.91. The van der Waals surface area contributed by atoms with Crippen molar-refractivity contribution in [1.29, 1.82) is 0 Å². The molecule has 0 atom stereocenters. The smallest absolute Gasteiger partial charge is 0.329 e. The Morgan fingerprint density at radius 2 is 2.00 bits per heavy atom. The summed E-state index contributed by atoms with van der Waals surface area (Å²) in [6.45, 7) is 2.15. The maximum Gasteiger partial charge on any atom is 0.374 e. The summed E-state index contributed by atoms with van der Waals surface area (Å²) in [7, 11) is -4.54. The highest BCUT2D eigenvalue weighted by molar-refractivity contribution is 7.83. The third kappa shape index (κ3) is 4.28. The summed E-state index contributed by atoms with van der Waals surface area (Å²) in [4.78, 5) is 0. The molecule has 4 nitrogen and oxygen atoms in total. The molecule has 0 radical (unpaired) electrons. The molecule has 6 heteroatoms. The van der Waals surface area contributed by atoms with Crippen LogP contribution < -0.4 is 5.73 Å². The molecule has 0 heterocycles. The van der Waals surface area contributed by atoms with Crippen molar-refractivity contribution in [2.45, 2.75) is 13.3 Å². The number of nitrogens with zero attached hydrogens (tertiary/aromatic N) is 1. The van der Waals surface area contributed by atoms with Gasteiger partial charge in [0, 0.05) is 19.6 Å². The van der Waals surface area contributed by atoms with Crippen molar-refractivity contribution in [2.24, 2.45) is 5.73 Å². The van der Waals surface area contributed by atoms with Crippen molar-refractivity contribution >= 4 is 10.4 Å². The summed E-state index contributed by atoms with van der Waals surface area (Å²) in [5, 5.41) is 0. The molecule has 0 rings (SSSR count). The van der Waals surface area contributed by atoms with Crippen LogP contribution in [0.25, 0.3) is 0 Å². The lowest BCUT2D eigenvalue weighted by Crippen LogP contribution is -2.33. The lowest BCUT2D eigenvalue weighted by Gasteiger charge is -2.14. The molecule has 0 fully saturated rings. The minimum atomic E-state index is -4.54. The van der Waals surface area contributed by atoms with Crippen LogP contribution in [0.4, 0.5) is 3.89 Å². The van der Waals surface area contributed by atoms with Gasteiger partial charge in [0.25, 0.3) is 0 Å². The normalized spacial score (nSPS) is 12.4. The molecule has 0 amide bonds. The number of rotatable bonds is 5. The lowest BCUT2D eigenvalue weighted by molar-refractivity contribution is 0.390. The highest BCUT2D eigenvalue weighted by Crippen LogP contribution is 2.01. The Morgan fingerprint density at radius 1 is 1.45 bits per heavy atom. The van der Waals surface area contributed by atoms with Gasteiger partial charge in [-0.15, -0.1) is 0 Å². The number of hydrogen-bond donors (Lipinski definition) is 1. The first-order valence-electron chi connectivity index (χ1n) is 3.42. The van der Waals surface area contributed by atoms with E-state index in [0.29, 0.717) is 6.42 Å². The fourth-order valence-corrected chi connectivity index (χ4v) is 1.45. The average Bonchev–Trinajstić information content (AvgIpc) is 1.85. The Morgan fingerprint density at radius 3 is 2.27 bits per heavy atom. The monoisotopic (exact) mass is 184 g/mol. The summed E-state index contributed by atoms with van der Waals surface area (Å²) < 4.78 is 33.6. The molecule has 0 aromatic carbocycles. The van der Waals surface area contributed by atoms with Gasteiger partial charge in [-0.05, 0) is 6.42 Å². The van der Waals surface area contributed by atoms with E-state index in [4.69, 9.17) is 5.73 Å². The highest BCUT2D eigenvalue weighted by atomic mass is 32.3. The van der Waals surface area contributed by atoms with Gasteiger partial charge in [0.1, 0.15) is 0 Å². The molecular weight excluding hydrogens is 171 g/mol. The Labute approximate surface area is 66.5 Å². The van der Waals surface area contributed by atoms with Crippen molar-refractivity contribution in [1.82, 2.24) is 4.31 Å². The molecule has 2 N–H and O–H groups in total. The molecule has 11 heavy (non-hydrogen) atoms. The summed E-state index contributed by atoms with van der Waals surface area (Å²) in [5.41, 5.74) is 5.08. The molecule has 0 saturated carbocycles. The topological polar surface area (TPSA) is 63.4 Å². The van der Waals surface area contributed by atoms with E-state index in [1.807, 2.05) is 0 Å². The third-order valence-electron chi connectivity index (χ3n) is 1.16. The molecule has 0 aromatic rings. The van der Waals surface area contributed by atoms with E-state index in [1.54, 1.807) is 6.92 Å². The molecule has 0 bridgehead atoms. The van der Waals surface area contributed by atoms with Crippen LogP contribution in [0.2, 0.25) is 0 Å². The van der Waals surface area contributed by atoms with E-state index in [-0.39, 0.29) is 19.6 Å². The average molecular weight is 184 g/mol. The molecule has 0 saturated heterocycles. The number of nitrogens with two attached hydrogens (primary N) is 1. The minimum Gasteiger partial charge on any atom is -0.329 e. The molecule has 0 spiro atoms. The first-order valence-corrected chi connectivity index (χ1v) is 4.76. The molecule has 0 aromatic heterocycles. The summed E-state index contributed by atoms with van der Waals surface area (Å²) in [5.74, 6) is 0. The van der Waals surface area contributed by atoms with Crippen LogP contribution >= 0.6 is 0 Å².